The van der Waals surface area contributed by atoms with Crippen molar-refractivity contribution in [1.82, 2.24) is 0 Å². The van der Waals surface area contributed by atoms with E-state index in [1.165, 1.54) is 44.7 Å². The normalized spacial score (nSPS) is 27.9. The second-order valence-corrected chi connectivity index (χ2v) is 8.06. The van der Waals surface area contributed by atoms with E-state index in [0.29, 0.717) is 5.92 Å². The predicted molar refractivity (Wildman–Crippen MR) is 111 cm³/mol. The van der Waals surface area contributed by atoms with Gasteiger partial charge in [0.15, 0.2) is 11.6 Å². The van der Waals surface area contributed by atoms with Crippen LogP contribution >= 0.6 is 0 Å². The third-order valence-electron chi connectivity index (χ3n) is 6.28. The largest absolute Gasteiger partial charge is 0.423 e. The van der Waals surface area contributed by atoms with E-state index in [4.69, 9.17) is 4.74 Å². The Morgan fingerprint density at radius 3 is 2.00 bits per heavy atom. The Kier molecular flexibility index (Phi) is 8.90. The van der Waals surface area contributed by atoms with Crippen molar-refractivity contribution in [3.05, 3.63) is 29.3 Å². The maximum Gasteiger partial charge on any atom is 0.314 e. The molecule has 2 nitrogen and oxygen atoms in total. The monoisotopic (exact) mass is 386 g/mol. The molecule has 4 heteroatoms. The van der Waals surface area contributed by atoms with Gasteiger partial charge in [0.2, 0.25) is 5.82 Å². The molecule has 0 radical (unpaired) electrons. The summed E-state index contributed by atoms with van der Waals surface area (Å²) in [7, 11) is 0. The maximum absolute atomic E-state index is 13.9. The first-order chi connectivity index (χ1) is 12.0. The number of esters is 1. The lowest BCUT2D eigenvalue weighted by atomic mass is 9.69. The summed E-state index contributed by atoms with van der Waals surface area (Å²) < 4.78 is 32.6. The molecule has 1 aromatic rings. The highest BCUT2D eigenvalue weighted by Crippen LogP contribution is 2.41. The van der Waals surface area contributed by atoms with E-state index in [9.17, 15) is 13.6 Å². The van der Waals surface area contributed by atoms with E-state index in [0.717, 1.165) is 37.5 Å². The Labute approximate surface area is 166 Å². The van der Waals surface area contributed by atoms with Gasteiger partial charge in [-0.1, -0.05) is 40.7 Å². The number of carbonyl (C=O) groups is 1. The highest BCUT2D eigenvalue weighted by atomic mass is 19.2. The molecule has 0 amide bonds. The molecule has 0 heterocycles. The first-order valence-electron chi connectivity index (χ1n) is 9.62. The van der Waals surface area contributed by atoms with Crippen molar-refractivity contribution in [3.8, 4) is 5.75 Å². The minimum Gasteiger partial charge on any atom is -0.423 e. The quantitative estimate of drug-likeness (QED) is 0.395. The van der Waals surface area contributed by atoms with Gasteiger partial charge in [0.25, 0.3) is 0 Å². The Bertz CT molecular complexity index is 624. The van der Waals surface area contributed by atoms with Crippen LogP contribution < -0.4 is 4.74 Å². The number of ether oxygens (including phenoxy) is 1. The van der Waals surface area contributed by atoms with Crippen molar-refractivity contribution in [3.63, 3.8) is 0 Å². The molecule has 0 aliphatic heterocycles. The highest BCUT2D eigenvalue weighted by Gasteiger charge is 2.33. The third kappa shape index (κ3) is 5.52. The van der Waals surface area contributed by atoms with Gasteiger partial charge in [-0.05, 0) is 74.8 Å². The van der Waals surface area contributed by atoms with E-state index in [2.05, 4.69) is 6.92 Å². The van der Waals surface area contributed by atoms with Crippen molar-refractivity contribution in [1.29, 1.82) is 0 Å². The molecule has 0 unspecified atom stereocenters. The van der Waals surface area contributed by atoms with Crippen LogP contribution in [0.5, 0.6) is 5.75 Å². The average molecular weight is 387 g/mol. The van der Waals surface area contributed by atoms with Crippen LogP contribution in [0.3, 0.4) is 0 Å². The minimum absolute atomic E-state index is 0. The van der Waals surface area contributed by atoms with Gasteiger partial charge in [0.05, 0.1) is 5.92 Å². The highest BCUT2D eigenvalue weighted by molar-refractivity contribution is 5.75. The fourth-order valence-electron chi connectivity index (χ4n) is 4.48. The van der Waals surface area contributed by atoms with Crippen molar-refractivity contribution in [2.45, 2.75) is 80.1 Å². The molecule has 0 N–H and O–H groups in total. The predicted octanol–water partition coefficient (Wildman–Crippen LogP) is 7.58. The van der Waals surface area contributed by atoms with Gasteiger partial charge in [-0.25, -0.2) is 4.39 Å². The summed E-state index contributed by atoms with van der Waals surface area (Å²) in [6.45, 7) is 3.81. The fraction of sp³-hybridized carbons (Fsp3) is 0.696. The lowest BCUT2D eigenvalue weighted by Crippen LogP contribution is -2.30. The van der Waals surface area contributed by atoms with Gasteiger partial charge >= 0.3 is 5.97 Å². The second kappa shape index (κ2) is 10.2. The number of carbonyl (C=O) groups excluding carboxylic acids is 1. The third-order valence-corrected chi connectivity index (χ3v) is 6.28. The summed E-state index contributed by atoms with van der Waals surface area (Å²) in [5, 5.41) is 0. The van der Waals surface area contributed by atoms with E-state index in [1.807, 2.05) is 0 Å². The van der Waals surface area contributed by atoms with Gasteiger partial charge in [0, 0.05) is 2.85 Å². The van der Waals surface area contributed by atoms with Gasteiger partial charge in [-0.3, -0.25) is 4.79 Å². The van der Waals surface area contributed by atoms with Gasteiger partial charge in [-0.15, -0.1) is 0 Å². The summed E-state index contributed by atoms with van der Waals surface area (Å²) in [5.41, 5.74) is 0.208. The Morgan fingerprint density at radius 2 is 1.44 bits per heavy atom. The topological polar surface area (TPSA) is 26.3 Å². The van der Waals surface area contributed by atoms with Crippen LogP contribution in [-0.4, -0.2) is 5.97 Å². The lowest BCUT2D eigenvalue weighted by Gasteiger charge is -2.36. The first-order valence-corrected chi connectivity index (χ1v) is 9.62. The molecule has 2 saturated carbocycles. The number of hydrogen-bond donors (Lipinski definition) is 0. The molecule has 0 saturated heterocycles. The molecular formula is C23H40F2O2. The van der Waals surface area contributed by atoms with Gasteiger partial charge in [-0.2, -0.15) is 4.39 Å². The van der Waals surface area contributed by atoms with Crippen LogP contribution in [0, 0.1) is 42.2 Å². The first kappa shape index (κ1) is 23.6. The molecule has 2 aliphatic rings. The summed E-state index contributed by atoms with van der Waals surface area (Å²) in [5.74, 6) is -0.551. The second-order valence-electron chi connectivity index (χ2n) is 8.06. The SMILES string of the molecule is C.C.Cc1ccc(OC(=O)C2CCC(C3CCC(C)CC3)CC2)c(F)c1F.[HH].[HH]. The summed E-state index contributed by atoms with van der Waals surface area (Å²) in [6.07, 6.45) is 8.96. The van der Waals surface area contributed by atoms with Gasteiger partial charge in [0.1, 0.15) is 0 Å². The number of benzene rings is 1. The van der Waals surface area contributed by atoms with Crippen LogP contribution in [0.4, 0.5) is 8.78 Å². The van der Waals surface area contributed by atoms with E-state index in [-0.39, 0.29) is 34.9 Å². The van der Waals surface area contributed by atoms with Crippen molar-refractivity contribution >= 4 is 5.97 Å². The Hall–Kier alpha value is -1.45. The molecule has 2 fully saturated rings. The zero-order chi connectivity index (χ0) is 18.0. The van der Waals surface area contributed by atoms with Crippen LogP contribution in [-0.2, 0) is 4.79 Å². The van der Waals surface area contributed by atoms with Crippen LogP contribution in [0.25, 0.3) is 0 Å². The number of halogens is 2. The zero-order valence-electron chi connectivity index (χ0n) is 15.2. The molecule has 0 spiro atoms. The van der Waals surface area contributed by atoms with Crippen molar-refractivity contribution < 1.29 is 21.2 Å². The van der Waals surface area contributed by atoms with Gasteiger partial charge < -0.3 is 4.74 Å². The summed E-state index contributed by atoms with van der Waals surface area (Å²) in [6, 6.07) is 2.77. The summed E-state index contributed by atoms with van der Waals surface area (Å²) in [4.78, 5) is 12.3. The lowest BCUT2D eigenvalue weighted by molar-refractivity contribution is -0.140. The van der Waals surface area contributed by atoms with Crippen molar-refractivity contribution in [2.24, 2.45) is 23.7 Å². The molecule has 158 valence electrons. The molecule has 2 aliphatic carbocycles. The molecule has 0 aromatic heterocycles. The average Bonchev–Trinajstić information content (AvgIpc) is 2.63. The molecule has 0 atom stereocenters. The van der Waals surface area contributed by atoms with E-state index in [1.54, 1.807) is 0 Å². The van der Waals surface area contributed by atoms with Crippen molar-refractivity contribution in [2.75, 3.05) is 0 Å². The number of aryl methyl sites for hydroxylation is 1. The molecule has 1 aromatic carbocycles. The smallest absolute Gasteiger partial charge is 0.314 e. The molecule has 3 rings (SSSR count). The minimum atomic E-state index is -1.07. The van der Waals surface area contributed by atoms with E-state index >= 15 is 0 Å². The van der Waals surface area contributed by atoms with Crippen LogP contribution in [0.15, 0.2) is 12.1 Å². The zero-order valence-corrected chi connectivity index (χ0v) is 15.2. The molecular weight excluding hydrogens is 346 g/mol. The van der Waals surface area contributed by atoms with Crippen LogP contribution in [0.2, 0.25) is 0 Å². The van der Waals surface area contributed by atoms with Crippen LogP contribution in [0.1, 0.15) is 81.6 Å². The number of rotatable bonds is 3. The Balaban J connectivity index is 0. The maximum atomic E-state index is 13.9. The van der Waals surface area contributed by atoms with E-state index < -0.39 is 17.6 Å². The molecule has 0 bridgehead atoms. The summed E-state index contributed by atoms with van der Waals surface area (Å²) >= 11 is 0. The molecule has 27 heavy (non-hydrogen) atoms. The fourth-order valence-corrected chi connectivity index (χ4v) is 4.48. The number of hydrogen-bond acceptors (Lipinski definition) is 2. The standard InChI is InChI=1S/C21H28F2O2.2CH4.2H2/c1-13-3-6-15(7-4-13)16-8-10-17(11-9-16)21(24)25-18-12-5-14(2)19(22)20(18)23;;;;/h5,12-13,15-17H,3-4,6-11H2,1-2H3;2*1H4;2*1H. The Morgan fingerprint density at radius 1 is 0.926 bits per heavy atom.